The Kier molecular flexibility index (Phi) is 3.94. The lowest BCUT2D eigenvalue weighted by molar-refractivity contribution is -0.122. The van der Waals surface area contributed by atoms with Gasteiger partial charge in [0.25, 0.3) is 0 Å². The molecule has 0 aliphatic rings. The fourth-order valence-corrected chi connectivity index (χ4v) is 1.85. The van der Waals surface area contributed by atoms with E-state index in [2.05, 4.69) is 10.3 Å². The van der Waals surface area contributed by atoms with Gasteiger partial charge >= 0.3 is 0 Å². The molecule has 100 valence electrons. The molecule has 0 aliphatic heterocycles. The third kappa shape index (κ3) is 3.40. The molecule has 1 heterocycles. The minimum atomic E-state index is -0.281. The second-order valence-electron chi connectivity index (χ2n) is 4.44. The average molecular weight is 261 g/mol. The summed E-state index contributed by atoms with van der Waals surface area (Å²) in [4.78, 5) is 15.9. The second-order valence-corrected chi connectivity index (χ2v) is 4.44. The maximum absolute atomic E-state index is 12.8. The van der Waals surface area contributed by atoms with Gasteiger partial charge in [0.2, 0.25) is 5.91 Å². The summed E-state index contributed by atoms with van der Waals surface area (Å²) < 4.78 is 14.6. The molecule has 0 spiro atoms. The smallest absolute Gasteiger partial charge is 0.240 e. The Labute approximate surface area is 111 Å². The first kappa shape index (κ1) is 13.3. The number of amides is 1. The van der Waals surface area contributed by atoms with Crippen LogP contribution in [-0.4, -0.2) is 15.5 Å². The highest BCUT2D eigenvalue weighted by atomic mass is 19.1. The molecule has 1 amide bonds. The summed E-state index contributed by atoms with van der Waals surface area (Å²) in [5.74, 6) is 0.416. The lowest BCUT2D eigenvalue weighted by Crippen LogP contribution is -2.30. The summed E-state index contributed by atoms with van der Waals surface area (Å²) >= 11 is 0. The highest BCUT2D eigenvalue weighted by Crippen LogP contribution is 2.12. The van der Waals surface area contributed by atoms with Gasteiger partial charge in [-0.1, -0.05) is 12.1 Å². The van der Waals surface area contributed by atoms with Gasteiger partial charge in [0.1, 0.15) is 18.2 Å². The van der Waals surface area contributed by atoms with Crippen LogP contribution in [0.15, 0.2) is 36.7 Å². The van der Waals surface area contributed by atoms with E-state index in [1.807, 2.05) is 13.8 Å². The SMILES string of the molecule is Cc1nccn1CC(=O)NC(C)c1ccc(F)cc1. The van der Waals surface area contributed by atoms with Crippen LogP contribution in [0.5, 0.6) is 0 Å². The number of aromatic nitrogens is 2. The van der Waals surface area contributed by atoms with E-state index >= 15 is 0 Å². The van der Waals surface area contributed by atoms with Crippen molar-refractivity contribution < 1.29 is 9.18 Å². The molecule has 0 saturated carbocycles. The number of rotatable bonds is 4. The van der Waals surface area contributed by atoms with Gasteiger partial charge in [-0.2, -0.15) is 0 Å². The van der Waals surface area contributed by atoms with Crippen LogP contribution in [0.3, 0.4) is 0 Å². The molecule has 0 aliphatic carbocycles. The number of benzene rings is 1. The Bertz CT molecular complexity index is 562. The molecule has 5 heteroatoms. The molecule has 19 heavy (non-hydrogen) atoms. The standard InChI is InChI=1S/C14H16FN3O/c1-10(12-3-5-13(15)6-4-12)17-14(19)9-18-8-7-16-11(18)2/h3-8,10H,9H2,1-2H3,(H,17,19). The molecule has 1 aromatic carbocycles. The van der Waals surface area contributed by atoms with Crippen molar-refractivity contribution in [2.75, 3.05) is 0 Å². The molecule has 1 aromatic heterocycles. The van der Waals surface area contributed by atoms with Crippen LogP contribution in [-0.2, 0) is 11.3 Å². The van der Waals surface area contributed by atoms with Crippen LogP contribution in [0.4, 0.5) is 4.39 Å². The maximum atomic E-state index is 12.8. The Morgan fingerprint density at radius 1 is 1.42 bits per heavy atom. The van der Waals surface area contributed by atoms with Crippen molar-refractivity contribution in [3.63, 3.8) is 0 Å². The zero-order chi connectivity index (χ0) is 13.8. The fraction of sp³-hybridized carbons (Fsp3) is 0.286. The molecule has 1 N–H and O–H groups in total. The Hall–Kier alpha value is -2.17. The van der Waals surface area contributed by atoms with Crippen molar-refractivity contribution in [2.45, 2.75) is 26.4 Å². The Morgan fingerprint density at radius 3 is 2.68 bits per heavy atom. The third-order valence-corrected chi connectivity index (χ3v) is 2.99. The van der Waals surface area contributed by atoms with Crippen molar-refractivity contribution in [2.24, 2.45) is 0 Å². The first-order chi connectivity index (χ1) is 9.06. The molecule has 2 rings (SSSR count). The minimum absolute atomic E-state index is 0.0991. The molecule has 0 bridgehead atoms. The van der Waals surface area contributed by atoms with Crippen molar-refractivity contribution in [3.05, 3.63) is 53.9 Å². The van der Waals surface area contributed by atoms with Gasteiger partial charge in [-0.15, -0.1) is 0 Å². The summed E-state index contributed by atoms with van der Waals surface area (Å²) in [5.41, 5.74) is 0.872. The molecule has 0 saturated heterocycles. The number of nitrogens with one attached hydrogen (secondary N) is 1. The van der Waals surface area contributed by atoms with E-state index < -0.39 is 0 Å². The topological polar surface area (TPSA) is 46.9 Å². The number of nitrogens with zero attached hydrogens (tertiary/aromatic N) is 2. The number of hydrogen-bond donors (Lipinski definition) is 1. The zero-order valence-electron chi connectivity index (χ0n) is 10.9. The minimum Gasteiger partial charge on any atom is -0.348 e. The number of carbonyl (C=O) groups is 1. The quantitative estimate of drug-likeness (QED) is 0.917. The third-order valence-electron chi connectivity index (χ3n) is 2.99. The number of halogens is 1. The monoisotopic (exact) mass is 261 g/mol. The normalized spacial score (nSPS) is 12.2. The largest absolute Gasteiger partial charge is 0.348 e. The van der Waals surface area contributed by atoms with Crippen LogP contribution in [0, 0.1) is 12.7 Å². The van der Waals surface area contributed by atoms with Gasteiger partial charge in [0, 0.05) is 12.4 Å². The second kappa shape index (κ2) is 5.65. The van der Waals surface area contributed by atoms with Crippen molar-refractivity contribution in [1.29, 1.82) is 0 Å². The first-order valence-corrected chi connectivity index (χ1v) is 6.09. The molecular weight excluding hydrogens is 245 g/mol. The van der Waals surface area contributed by atoms with Crippen LogP contribution >= 0.6 is 0 Å². The summed E-state index contributed by atoms with van der Waals surface area (Å²) in [6, 6.07) is 5.96. The fourth-order valence-electron chi connectivity index (χ4n) is 1.85. The van der Waals surface area contributed by atoms with Gasteiger partial charge in [-0.25, -0.2) is 9.37 Å². The highest BCUT2D eigenvalue weighted by Gasteiger charge is 2.10. The molecule has 0 radical (unpaired) electrons. The molecular formula is C14H16FN3O. The number of imidazole rings is 1. The molecule has 1 atom stereocenters. The summed E-state index contributed by atoms with van der Waals surface area (Å²) in [6.07, 6.45) is 3.42. The van der Waals surface area contributed by atoms with Gasteiger partial charge in [0.15, 0.2) is 0 Å². The van der Waals surface area contributed by atoms with Crippen LogP contribution in [0.1, 0.15) is 24.4 Å². The van der Waals surface area contributed by atoms with Crippen molar-refractivity contribution in [1.82, 2.24) is 14.9 Å². The molecule has 4 nitrogen and oxygen atoms in total. The number of carbonyl (C=O) groups excluding carboxylic acids is 1. The number of hydrogen-bond acceptors (Lipinski definition) is 2. The Morgan fingerprint density at radius 2 is 2.11 bits per heavy atom. The summed E-state index contributed by atoms with van der Waals surface area (Å²) in [7, 11) is 0. The van der Waals surface area contributed by atoms with E-state index in [-0.39, 0.29) is 24.3 Å². The van der Waals surface area contributed by atoms with E-state index in [0.29, 0.717) is 0 Å². The lowest BCUT2D eigenvalue weighted by atomic mass is 10.1. The highest BCUT2D eigenvalue weighted by molar-refractivity contribution is 5.76. The van der Waals surface area contributed by atoms with Gasteiger partial charge in [-0.3, -0.25) is 4.79 Å². The van der Waals surface area contributed by atoms with E-state index in [4.69, 9.17) is 0 Å². The Balaban J connectivity index is 1.95. The molecule has 1 unspecified atom stereocenters. The van der Waals surface area contributed by atoms with Gasteiger partial charge in [0.05, 0.1) is 6.04 Å². The summed E-state index contributed by atoms with van der Waals surface area (Å²) in [5, 5.41) is 2.87. The lowest BCUT2D eigenvalue weighted by Gasteiger charge is -2.15. The predicted molar refractivity (Wildman–Crippen MR) is 69.9 cm³/mol. The zero-order valence-corrected chi connectivity index (χ0v) is 10.9. The van der Waals surface area contributed by atoms with E-state index in [0.717, 1.165) is 11.4 Å². The first-order valence-electron chi connectivity index (χ1n) is 6.09. The predicted octanol–water partition coefficient (Wildman–Crippen LogP) is 2.21. The summed E-state index contributed by atoms with van der Waals surface area (Å²) in [6.45, 7) is 3.94. The molecule has 0 fully saturated rings. The van der Waals surface area contributed by atoms with Gasteiger partial charge in [-0.05, 0) is 31.5 Å². The average Bonchev–Trinajstić information content (AvgIpc) is 2.75. The van der Waals surface area contributed by atoms with Crippen LogP contribution in [0.25, 0.3) is 0 Å². The van der Waals surface area contributed by atoms with E-state index in [1.54, 1.807) is 29.1 Å². The van der Waals surface area contributed by atoms with E-state index in [1.165, 1.54) is 12.1 Å². The van der Waals surface area contributed by atoms with Crippen molar-refractivity contribution in [3.8, 4) is 0 Å². The number of aryl methyl sites for hydroxylation is 1. The van der Waals surface area contributed by atoms with Gasteiger partial charge < -0.3 is 9.88 Å². The van der Waals surface area contributed by atoms with Crippen molar-refractivity contribution >= 4 is 5.91 Å². The van der Waals surface area contributed by atoms with Crippen LogP contribution in [0.2, 0.25) is 0 Å². The van der Waals surface area contributed by atoms with Crippen LogP contribution < -0.4 is 5.32 Å². The maximum Gasteiger partial charge on any atom is 0.240 e. The molecule has 2 aromatic rings. The van der Waals surface area contributed by atoms with E-state index in [9.17, 15) is 9.18 Å².